The van der Waals surface area contributed by atoms with Gasteiger partial charge in [-0.15, -0.1) is 0 Å². The van der Waals surface area contributed by atoms with Crippen molar-refractivity contribution >= 4 is 26.7 Å². The van der Waals surface area contributed by atoms with Crippen LogP contribution < -0.4 is 9.04 Å². The molecule has 0 atom stereocenters. The molecule has 1 aliphatic heterocycles. The van der Waals surface area contributed by atoms with Gasteiger partial charge >= 0.3 is 0 Å². The van der Waals surface area contributed by atoms with Gasteiger partial charge in [0.05, 0.1) is 28.2 Å². The van der Waals surface area contributed by atoms with Crippen LogP contribution in [0.5, 0.6) is 5.75 Å². The maximum atomic E-state index is 13.2. The third kappa shape index (κ3) is 4.73. The van der Waals surface area contributed by atoms with Gasteiger partial charge < -0.3 is 9.30 Å². The number of anilines is 1. The fourth-order valence-corrected chi connectivity index (χ4v) is 6.96. The Kier molecular flexibility index (Phi) is 6.41. The predicted molar refractivity (Wildman–Crippen MR) is 147 cm³/mol. The first kappa shape index (κ1) is 24.0. The van der Waals surface area contributed by atoms with Crippen LogP contribution in [0.1, 0.15) is 49.1 Å². The van der Waals surface area contributed by atoms with Gasteiger partial charge in [-0.05, 0) is 66.3 Å². The lowest BCUT2D eigenvalue weighted by Gasteiger charge is -2.23. The standard InChI is InChI=1S/C30H33N3O3S/c1-32(37(34,35)26-10-6-3-7-11-26)25-13-14-28-27(20-25)31-30(33(28)21-22-8-4-2-5-9-22)19-23-12-15-29-24(18-23)16-17-36-29/h3,6-7,10-15,18,20,22H,2,4-5,8-9,16-17,19,21H2,1H3. The van der Waals surface area contributed by atoms with Crippen LogP contribution in [-0.4, -0.2) is 31.6 Å². The first-order valence-corrected chi connectivity index (χ1v) is 14.7. The number of aromatic nitrogens is 2. The second kappa shape index (κ2) is 9.86. The van der Waals surface area contributed by atoms with Crippen molar-refractivity contribution in [1.29, 1.82) is 0 Å². The summed E-state index contributed by atoms with van der Waals surface area (Å²) in [5.41, 5.74) is 5.01. The Morgan fingerprint density at radius 2 is 1.81 bits per heavy atom. The summed E-state index contributed by atoms with van der Waals surface area (Å²) in [5.74, 6) is 2.68. The van der Waals surface area contributed by atoms with E-state index in [4.69, 9.17) is 9.72 Å². The van der Waals surface area contributed by atoms with Crippen LogP contribution in [-0.2, 0) is 29.4 Å². The predicted octanol–water partition coefficient (Wildman–Crippen LogP) is 5.97. The minimum atomic E-state index is -3.65. The van der Waals surface area contributed by atoms with Gasteiger partial charge in [-0.1, -0.05) is 49.6 Å². The van der Waals surface area contributed by atoms with Crippen molar-refractivity contribution in [2.75, 3.05) is 18.0 Å². The van der Waals surface area contributed by atoms with Gasteiger partial charge in [0.2, 0.25) is 0 Å². The number of ether oxygens (including phenoxy) is 1. The summed E-state index contributed by atoms with van der Waals surface area (Å²) in [6, 6.07) is 20.9. The van der Waals surface area contributed by atoms with E-state index in [-0.39, 0.29) is 4.90 Å². The Hall–Kier alpha value is -3.32. The molecule has 0 amide bonds. The average molecular weight is 516 g/mol. The highest BCUT2D eigenvalue weighted by Crippen LogP contribution is 2.32. The molecule has 37 heavy (non-hydrogen) atoms. The Balaban J connectivity index is 1.37. The first-order chi connectivity index (χ1) is 18.0. The SMILES string of the molecule is CN(c1ccc2c(c1)nc(Cc1ccc3c(c1)CCO3)n2CC1CCCCC1)S(=O)(=O)c1ccccc1. The van der Waals surface area contributed by atoms with Crippen molar-refractivity contribution in [3.8, 4) is 5.75 Å². The van der Waals surface area contributed by atoms with Crippen LogP contribution in [0.15, 0.2) is 71.6 Å². The minimum absolute atomic E-state index is 0.279. The maximum Gasteiger partial charge on any atom is 0.264 e. The highest BCUT2D eigenvalue weighted by molar-refractivity contribution is 7.92. The van der Waals surface area contributed by atoms with Gasteiger partial charge in [-0.2, -0.15) is 0 Å². The van der Waals surface area contributed by atoms with Gasteiger partial charge in [0.15, 0.2) is 0 Å². The lowest BCUT2D eigenvalue weighted by molar-refractivity contribution is 0.319. The van der Waals surface area contributed by atoms with Crippen LogP contribution in [0, 0.1) is 5.92 Å². The van der Waals surface area contributed by atoms with Gasteiger partial charge in [0.25, 0.3) is 10.0 Å². The molecule has 0 bridgehead atoms. The molecule has 1 aliphatic carbocycles. The monoisotopic (exact) mass is 515 g/mol. The van der Waals surface area contributed by atoms with Crippen LogP contribution in [0.2, 0.25) is 0 Å². The molecule has 0 N–H and O–H groups in total. The van der Waals surface area contributed by atoms with Crippen LogP contribution in [0.4, 0.5) is 5.69 Å². The number of benzene rings is 3. The minimum Gasteiger partial charge on any atom is -0.493 e. The van der Waals surface area contributed by atoms with Gasteiger partial charge in [-0.25, -0.2) is 13.4 Å². The second-order valence-electron chi connectivity index (χ2n) is 10.3. The average Bonchev–Trinajstić information content (AvgIpc) is 3.53. The Bertz CT molecular complexity index is 1520. The molecule has 0 saturated heterocycles. The summed E-state index contributed by atoms with van der Waals surface area (Å²) in [4.78, 5) is 5.35. The molecule has 192 valence electrons. The second-order valence-corrected chi connectivity index (χ2v) is 12.3. The Morgan fingerprint density at radius 1 is 1.00 bits per heavy atom. The van der Waals surface area contributed by atoms with E-state index >= 15 is 0 Å². The van der Waals surface area contributed by atoms with E-state index in [0.717, 1.165) is 48.6 Å². The highest BCUT2D eigenvalue weighted by Gasteiger charge is 2.23. The smallest absolute Gasteiger partial charge is 0.264 e. The lowest BCUT2D eigenvalue weighted by atomic mass is 9.89. The third-order valence-electron chi connectivity index (χ3n) is 7.86. The van der Waals surface area contributed by atoms with Crippen molar-refractivity contribution in [3.63, 3.8) is 0 Å². The molecule has 3 aromatic carbocycles. The Morgan fingerprint density at radius 3 is 2.62 bits per heavy atom. The summed E-state index contributed by atoms with van der Waals surface area (Å²) in [6.45, 7) is 1.71. The van der Waals surface area contributed by atoms with E-state index < -0.39 is 10.0 Å². The van der Waals surface area contributed by atoms with Gasteiger partial charge in [-0.3, -0.25) is 4.31 Å². The molecule has 1 aromatic heterocycles. The maximum absolute atomic E-state index is 13.2. The van der Waals surface area contributed by atoms with Crippen LogP contribution in [0.25, 0.3) is 11.0 Å². The third-order valence-corrected chi connectivity index (χ3v) is 9.66. The number of sulfonamides is 1. The number of nitrogens with zero attached hydrogens (tertiary/aromatic N) is 3. The van der Waals surface area contributed by atoms with E-state index in [2.05, 4.69) is 22.8 Å². The zero-order valence-electron chi connectivity index (χ0n) is 21.3. The van der Waals surface area contributed by atoms with Crippen molar-refractivity contribution in [2.45, 2.75) is 56.4 Å². The van der Waals surface area contributed by atoms with E-state index in [9.17, 15) is 8.42 Å². The summed E-state index contributed by atoms with van der Waals surface area (Å²) in [5, 5.41) is 0. The fraction of sp³-hybridized carbons (Fsp3) is 0.367. The number of fused-ring (bicyclic) bond motifs is 2. The molecule has 6 nitrogen and oxygen atoms in total. The van der Waals surface area contributed by atoms with Gasteiger partial charge in [0, 0.05) is 26.4 Å². The molecular formula is C30H33N3O3S. The van der Waals surface area contributed by atoms with Gasteiger partial charge in [0.1, 0.15) is 11.6 Å². The molecule has 1 saturated carbocycles. The molecule has 2 aliphatic rings. The summed E-state index contributed by atoms with van der Waals surface area (Å²) in [7, 11) is -2.05. The molecule has 7 heteroatoms. The highest BCUT2D eigenvalue weighted by atomic mass is 32.2. The topological polar surface area (TPSA) is 64.4 Å². The number of rotatable bonds is 7. The lowest BCUT2D eigenvalue weighted by Crippen LogP contribution is -2.26. The number of imidazole rings is 1. The molecule has 2 heterocycles. The quantitative estimate of drug-likeness (QED) is 0.304. The molecule has 0 spiro atoms. The normalized spacial score (nSPS) is 16.0. The van der Waals surface area contributed by atoms with E-state index in [0.29, 0.717) is 11.6 Å². The van der Waals surface area contributed by atoms with Crippen molar-refractivity contribution < 1.29 is 13.2 Å². The molecule has 4 aromatic rings. The molecular weight excluding hydrogens is 482 g/mol. The van der Waals surface area contributed by atoms with Crippen molar-refractivity contribution in [3.05, 3.63) is 83.7 Å². The van der Waals surface area contributed by atoms with Crippen LogP contribution >= 0.6 is 0 Å². The zero-order chi connectivity index (χ0) is 25.4. The first-order valence-electron chi connectivity index (χ1n) is 13.3. The number of hydrogen-bond donors (Lipinski definition) is 0. The molecule has 6 rings (SSSR count). The Labute approximate surface area is 219 Å². The number of hydrogen-bond acceptors (Lipinski definition) is 4. The van der Waals surface area contributed by atoms with E-state index in [1.807, 2.05) is 24.3 Å². The molecule has 0 radical (unpaired) electrons. The van der Waals surface area contributed by atoms with Crippen LogP contribution in [0.3, 0.4) is 0 Å². The zero-order valence-corrected chi connectivity index (χ0v) is 22.1. The molecule has 1 fully saturated rings. The van der Waals surface area contributed by atoms with E-state index in [1.54, 1.807) is 31.3 Å². The molecule has 0 unspecified atom stereocenters. The van der Waals surface area contributed by atoms with Crippen molar-refractivity contribution in [1.82, 2.24) is 9.55 Å². The fourth-order valence-electron chi connectivity index (χ4n) is 5.75. The van der Waals surface area contributed by atoms with E-state index in [1.165, 1.54) is 47.5 Å². The summed E-state index contributed by atoms with van der Waals surface area (Å²) in [6.07, 6.45) is 8.12. The summed E-state index contributed by atoms with van der Waals surface area (Å²) < 4.78 is 35.9. The summed E-state index contributed by atoms with van der Waals surface area (Å²) >= 11 is 0. The largest absolute Gasteiger partial charge is 0.493 e. The van der Waals surface area contributed by atoms with Crippen molar-refractivity contribution in [2.24, 2.45) is 5.92 Å².